The van der Waals surface area contributed by atoms with Crippen molar-refractivity contribution < 1.29 is 10.2 Å². The second-order valence-electron chi connectivity index (χ2n) is 2.23. The van der Waals surface area contributed by atoms with E-state index in [1.807, 2.05) is 0 Å². The molecule has 0 aromatic rings. The molecule has 2 heteroatoms. The van der Waals surface area contributed by atoms with Crippen LogP contribution in [0.5, 0.6) is 0 Å². The third-order valence-electron chi connectivity index (χ3n) is 1.39. The van der Waals surface area contributed by atoms with Crippen LogP contribution < -0.4 is 0 Å². The van der Waals surface area contributed by atoms with E-state index in [1.54, 1.807) is 25.2 Å². The lowest BCUT2D eigenvalue weighted by Crippen LogP contribution is -2.13. The molecular weight excluding hydrogens is 116 g/mol. The minimum atomic E-state index is -0.506. The minimum Gasteiger partial charge on any atom is -0.385 e. The molecule has 0 aromatic carbocycles. The summed E-state index contributed by atoms with van der Waals surface area (Å²) in [5.74, 6) is 0. The maximum Gasteiger partial charge on any atom is 0.0931 e. The van der Waals surface area contributed by atoms with E-state index in [0.717, 1.165) is 5.57 Å². The van der Waals surface area contributed by atoms with Gasteiger partial charge in [-0.15, -0.1) is 0 Å². The van der Waals surface area contributed by atoms with Gasteiger partial charge in [0.05, 0.1) is 12.2 Å². The Morgan fingerprint density at radius 2 is 2.00 bits per heavy atom. The highest BCUT2D eigenvalue weighted by atomic mass is 16.3. The Balaban J connectivity index is 2.70. The smallest absolute Gasteiger partial charge is 0.0931 e. The summed E-state index contributed by atoms with van der Waals surface area (Å²) in [7, 11) is 0. The van der Waals surface area contributed by atoms with Crippen molar-refractivity contribution in [1.82, 2.24) is 0 Å². The van der Waals surface area contributed by atoms with Gasteiger partial charge in [-0.3, -0.25) is 0 Å². The zero-order valence-electron chi connectivity index (χ0n) is 5.28. The summed E-state index contributed by atoms with van der Waals surface area (Å²) in [5.41, 5.74) is 0.810. The van der Waals surface area contributed by atoms with Gasteiger partial charge in [0.2, 0.25) is 0 Å². The minimum absolute atomic E-state index is 0.492. The third-order valence-corrected chi connectivity index (χ3v) is 1.39. The van der Waals surface area contributed by atoms with Crippen molar-refractivity contribution in [3.63, 3.8) is 0 Å². The standard InChI is InChI=1S/C7H10O2/c1-5-4-6(8)2-3-7(5)9/h2-4,6-9H,1H3/t6-,7+/m0/s1. The Morgan fingerprint density at radius 1 is 1.33 bits per heavy atom. The molecule has 0 saturated carbocycles. The first-order valence-corrected chi connectivity index (χ1v) is 2.93. The molecule has 2 N–H and O–H groups in total. The largest absolute Gasteiger partial charge is 0.385 e. The van der Waals surface area contributed by atoms with Gasteiger partial charge in [0.1, 0.15) is 0 Å². The van der Waals surface area contributed by atoms with Gasteiger partial charge < -0.3 is 10.2 Å². The van der Waals surface area contributed by atoms with Crippen molar-refractivity contribution >= 4 is 0 Å². The Hall–Kier alpha value is -0.600. The average molecular weight is 126 g/mol. The molecule has 50 valence electrons. The van der Waals surface area contributed by atoms with E-state index in [0.29, 0.717) is 0 Å². The van der Waals surface area contributed by atoms with E-state index in [2.05, 4.69) is 0 Å². The fourth-order valence-corrected chi connectivity index (χ4v) is 0.794. The molecule has 0 aromatic heterocycles. The lowest BCUT2D eigenvalue weighted by Gasteiger charge is -2.12. The van der Waals surface area contributed by atoms with Crippen LogP contribution in [0.2, 0.25) is 0 Å². The number of hydrogen-bond donors (Lipinski definition) is 2. The van der Waals surface area contributed by atoms with Crippen LogP contribution in [-0.2, 0) is 0 Å². The molecule has 0 radical (unpaired) electrons. The van der Waals surface area contributed by atoms with Crippen molar-refractivity contribution in [2.75, 3.05) is 0 Å². The first-order chi connectivity index (χ1) is 4.20. The molecule has 9 heavy (non-hydrogen) atoms. The van der Waals surface area contributed by atoms with E-state index in [4.69, 9.17) is 10.2 Å². The van der Waals surface area contributed by atoms with E-state index in [9.17, 15) is 0 Å². The van der Waals surface area contributed by atoms with Crippen LogP contribution >= 0.6 is 0 Å². The summed E-state index contributed by atoms with van der Waals surface area (Å²) in [6, 6.07) is 0. The van der Waals surface area contributed by atoms with Gasteiger partial charge in [-0.1, -0.05) is 18.2 Å². The molecule has 0 fully saturated rings. The van der Waals surface area contributed by atoms with Crippen molar-refractivity contribution in [1.29, 1.82) is 0 Å². The summed E-state index contributed by atoms with van der Waals surface area (Å²) in [6.07, 6.45) is 3.78. The quantitative estimate of drug-likeness (QED) is 0.456. The number of hydrogen-bond acceptors (Lipinski definition) is 2. The fourth-order valence-electron chi connectivity index (χ4n) is 0.794. The molecule has 0 unspecified atom stereocenters. The maximum absolute atomic E-state index is 9.03. The Kier molecular flexibility index (Phi) is 1.69. The second kappa shape index (κ2) is 2.33. The topological polar surface area (TPSA) is 40.5 Å². The van der Waals surface area contributed by atoms with Crippen LogP contribution in [-0.4, -0.2) is 22.4 Å². The van der Waals surface area contributed by atoms with Crippen molar-refractivity contribution in [2.45, 2.75) is 19.1 Å². The van der Waals surface area contributed by atoms with Crippen molar-refractivity contribution in [3.05, 3.63) is 23.8 Å². The molecule has 1 aliphatic carbocycles. The lowest BCUT2D eigenvalue weighted by molar-refractivity contribution is 0.230. The number of aliphatic hydroxyl groups is 2. The van der Waals surface area contributed by atoms with Gasteiger partial charge in [0, 0.05) is 0 Å². The van der Waals surface area contributed by atoms with Gasteiger partial charge in [-0.05, 0) is 12.5 Å². The first-order valence-electron chi connectivity index (χ1n) is 2.93. The third kappa shape index (κ3) is 1.40. The molecule has 0 spiro atoms. The summed E-state index contributed by atoms with van der Waals surface area (Å²) in [5, 5.41) is 18.0. The Bertz CT molecular complexity index is 158. The molecule has 1 rings (SSSR count). The molecule has 0 aliphatic heterocycles. The molecule has 1 aliphatic rings. The average Bonchev–Trinajstić information content (AvgIpc) is 1.80. The maximum atomic E-state index is 9.03. The molecule has 0 amide bonds. The van der Waals surface area contributed by atoms with Crippen LogP contribution in [0.3, 0.4) is 0 Å². The predicted molar refractivity (Wildman–Crippen MR) is 34.9 cm³/mol. The number of rotatable bonds is 0. The van der Waals surface area contributed by atoms with Crippen LogP contribution in [0.15, 0.2) is 23.8 Å². The van der Waals surface area contributed by atoms with Crippen molar-refractivity contribution in [3.8, 4) is 0 Å². The van der Waals surface area contributed by atoms with Gasteiger partial charge in [-0.2, -0.15) is 0 Å². The van der Waals surface area contributed by atoms with E-state index in [-0.39, 0.29) is 0 Å². The van der Waals surface area contributed by atoms with Gasteiger partial charge >= 0.3 is 0 Å². The normalized spacial score (nSPS) is 34.3. The highest BCUT2D eigenvalue weighted by molar-refractivity contribution is 5.22. The van der Waals surface area contributed by atoms with Crippen molar-refractivity contribution in [2.24, 2.45) is 0 Å². The highest BCUT2D eigenvalue weighted by Gasteiger charge is 2.08. The zero-order chi connectivity index (χ0) is 6.85. The molecule has 2 atom stereocenters. The van der Waals surface area contributed by atoms with Crippen LogP contribution in [0.1, 0.15) is 6.92 Å². The summed E-state index contributed by atoms with van der Waals surface area (Å²) >= 11 is 0. The Morgan fingerprint density at radius 3 is 2.44 bits per heavy atom. The van der Waals surface area contributed by atoms with Crippen LogP contribution in [0, 0.1) is 0 Å². The summed E-state index contributed by atoms with van der Waals surface area (Å²) in [4.78, 5) is 0. The monoisotopic (exact) mass is 126 g/mol. The number of aliphatic hydroxyl groups excluding tert-OH is 2. The molecule has 0 saturated heterocycles. The summed E-state index contributed by atoms with van der Waals surface area (Å²) < 4.78 is 0. The molecular formula is C7H10O2. The van der Waals surface area contributed by atoms with Gasteiger partial charge in [0.25, 0.3) is 0 Å². The fraction of sp³-hybridized carbons (Fsp3) is 0.429. The molecule has 0 heterocycles. The Labute approximate surface area is 54.1 Å². The van der Waals surface area contributed by atoms with E-state index < -0.39 is 12.2 Å². The van der Waals surface area contributed by atoms with E-state index in [1.165, 1.54) is 0 Å². The molecule has 0 bridgehead atoms. The SMILES string of the molecule is CC1=C[C@@H](O)C=C[C@H]1O. The van der Waals surface area contributed by atoms with Crippen LogP contribution in [0.4, 0.5) is 0 Å². The first kappa shape index (κ1) is 6.52. The van der Waals surface area contributed by atoms with E-state index >= 15 is 0 Å². The van der Waals surface area contributed by atoms with Gasteiger partial charge in [0.15, 0.2) is 0 Å². The second-order valence-corrected chi connectivity index (χ2v) is 2.23. The lowest BCUT2D eigenvalue weighted by atomic mass is 10.0. The molecule has 2 nitrogen and oxygen atoms in total. The summed E-state index contributed by atoms with van der Waals surface area (Å²) in [6.45, 7) is 1.79. The zero-order valence-corrected chi connectivity index (χ0v) is 5.28. The van der Waals surface area contributed by atoms with Crippen LogP contribution in [0.25, 0.3) is 0 Å². The highest BCUT2D eigenvalue weighted by Crippen LogP contribution is 2.10. The predicted octanol–water partition coefficient (Wildman–Crippen LogP) is 0.224. The van der Waals surface area contributed by atoms with Gasteiger partial charge in [-0.25, -0.2) is 0 Å².